The molecule has 1 heterocycles. The Kier molecular flexibility index (Phi) is 5.22. The van der Waals surface area contributed by atoms with Crippen LogP contribution in [0.5, 0.6) is 5.75 Å². The average molecular weight is 354 g/mol. The van der Waals surface area contributed by atoms with Crippen molar-refractivity contribution in [2.75, 3.05) is 5.32 Å². The summed E-state index contributed by atoms with van der Waals surface area (Å²) in [5.74, 6) is 1.32. The maximum absolute atomic E-state index is 9.21. The lowest BCUT2D eigenvalue weighted by Crippen LogP contribution is -1.99. The fraction of sp³-hybridized carbons (Fsp3) is 0.158. The maximum Gasteiger partial charge on any atom is 0.236 e. The number of nitrogens with zero attached hydrogens (tertiary/aromatic N) is 2. The molecule has 126 valence electrons. The van der Waals surface area contributed by atoms with Crippen LogP contribution in [0.4, 0.5) is 5.88 Å². The van der Waals surface area contributed by atoms with Gasteiger partial charge in [0, 0.05) is 11.6 Å². The quantitative estimate of drug-likeness (QED) is 0.695. The number of anilines is 1. The molecule has 3 rings (SSSR count). The molecule has 2 aromatic carbocycles. The average Bonchev–Trinajstić information content (AvgIpc) is 3.03. The van der Waals surface area contributed by atoms with Gasteiger partial charge in [0.15, 0.2) is 6.61 Å². The van der Waals surface area contributed by atoms with Gasteiger partial charge in [0.25, 0.3) is 0 Å². The standard InChI is InChI=1S/C19H16ClN3O2/c1-13-2-4-14(5-3-13)11-22-19-17(10-21)23-18(25-19)12-24-16-8-6-15(20)7-9-16/h2-9,22H,11-12H2,1H3. The lowest BCUT2D eigenvalue weighted by atomic mass is 10.1. The zero-order chi connectivity index (χ0) is 17.6. The molecular weight excluding hydrogens is 338 g/mol. The first-order valence-corrected chi connectivity index (χ1v) is 8.09. The number of nitriles is 1. The van der Waals surface area contributed by atoms with Crippen LogP contribution in [0, 0.1) is 18.3 Å². The van der Waals surface area contributed by atoms with Gasteiger partial charge in [0.1, 0.15) is 11.8 Å². The summed E-state index contributed by atoms with van der Waals surface area (Å²) < 4.78 is 11.2. The Hall–Kier alpha value is -2.97. The molecule has 0 aliphatic carbocycles. The lowest BCUT2D eigenvalue weighted by Gasteiger charge is -2.04. The Morgan fingerprint density at radius 1 is 1.16 bits per heavy atom. The number of rotatable bonds is 6. The zero-order valence-electron chi connectivity index (χ0n) is 13.6. The van der Waals surface area contributed by atoms with Crippen LogP contribution in [0.1, 0.15) is 22.7 Å². The third-order valence-corrected chi connectivity index (χ3v) is 3.78. The molecule has 25 heavy (non-hydrogen) atoms. The van der Waals surface area contributed by atoms with Crippen LogP contribution in [0.3, 0.4) is 0 Å². The minimum absolute atomic E-state index is 0.128. The van der Waals surface area contributed by atoms with Gasteiger partial charge in [-0.1, -0.05) is 41.4 Å². The van der Waals surface area contributed by atoms with Crippen molar-refractivity contribution in [3.63, 3.8) is 0 Å². The first-order chi connectivity index (χ1) is 12.1. The molecular formula is C19H16ClN3O2. The number of oxazole rings is 1. The summed E-state index contributed by atoms with van der Waals surface area (Å²) >= 11 is 5.83. The Labute approximate surface area is 150 Å². The van der Waals surface area contributed by atoms with E-state index in [0.29, 0.717) is 29.1 Å². The van der Waals surface area contributed by atoms with Crippen molar-refractivity contribution in [3.8, 4) is 11.8 Å². The topological polar surface area (TPSA) is 71.1 Å². The van der Waals surface area contributed by atoms with Crippen LogP contribution >= 0.6 is 11.6 Å². The van der Waals surface area contributed by atoms with Gasteiger partial charge < -0.3 is 14.5 Å². The predicted molar refractivity (Wildman–Crippen MR) is 95.5 cm³/mol. The second-order valence-electron chi connectivity index (χ2n) is 5.48. The van der Waals surface area contributed by atoms with Crippen molar-refractivity contribution >= 4 is 17.5 Å². The molecule has 5 nitrogen and oxygen atoms in total. The van der Waals surface area contributed by atoms with Gasteiger partial charge in [-0.15, -0.1) is 0 Å². The molecule has 1 N–H and O–H groups in total. The van der Waals surface area contributed by atoms with E-state index >= 15 is 0 Å². The molecule has 0 spiro atoms. The highest BCUT2D eigenvalue weighted by atomic mass is 35.5. The van der Waals surface area contributed by atoms with Gasteiger partial charge in [-0.25, -0.2) is 0 Å². The Morgan fingerprint density at radius 2 is 1.88 bits per heavy atom. The number of hydrogen-bond acceptors (Lipinski definition) is 5. The van der Waals surface area contributed by atoms with Crippen molar-refractivity contribution < 1.29 is 9.15 Å². The van der Waals surface area contributed by atoms with E-state index in [0.717, 1.165) is 5.56 Å². The van der Waals surface area contributed by atoms with Crippen molar-refractivity contribution in [1.29, 1.82) is 5.26 Å². The third kappa shape index (κ3) is 4.52. The van der Waals surface area contributed by atoms with Crippen molar-refractivity contribution in [3.05, 3.63) is 76.3 Å². The van der Waals surface area contributed by atoms with Gasteiger partial charge in [0.05, 0.1) is 0 Å². The molecule has 1 aromatic heterocycles. The van der Waals surface area contributed by atoms with Gasteiger partial charge in [-0.05, 0) is 36.8 Å². The SMILES string of the molecule is Cc1ccc(CNc2oc(COc3ccc(Cl)cc3)nc2C#N)cc1. The number of benzene rings is 2. The van der Waals surface area contributed by atoms with E-state index in [2.05, 4.69) is 10.3 Å². The fourth-order valence-corrected chi connectivity index (χ4v) is 2.31. The van der Waals surface area contributed by atoms with Crippen LogP contribution in [0.15, 0.2) is 52.9 Å². The van der Waals surface area contributed by atoms with Crippen molar-refractivity contribution in [2.45, 2.75) is 20.1 Å². The Balaban J connectivity index is 1.63. The van der Waals surface area contributed by atoms with Crippen molar-refractivity contribution in [1.82, 2.24) is 4.98 Å². The molecule has 3 aromatic rings. The summed E-state index contributed by atoms with van der Waals surface area (Å²) in [6.07, 6.45) is 0. The molecule has 0 unspecified atom stereocenters. The smallest absolute Gasteiger partial charge is 0.236 e. The summed E-state index contributed by atoms with van der Waals surface area (Å²) in [7, 11) is 0. The summed E-state index contributed by atoms with van der Waals surface area (Å²) in [5, 5.41) is 13.0. The Bertz CT molecular complexity index is 881. The summed E-state index contributed by atoms with van der Waals surface area (Å²) in [6, 6.07) is 17.1. The maximum atomic E-state index is 9.21. The molecule has 0 radical (unpaired) electrons. The summed E-state index contributed by atoms with van der Waals surface area (Å²) in [5.41, 5.74) is 2.49. The minimum atomic E-state index is 0.128. The van der Waals surface area contributed by atoms with Gasteiger partial charge in [-0.3, -0.25) is 0 Å². The van der Waals surface area contributed by atoms with E-state index in [1.807, 2.05) is 37.3 Å². The van der Waals surface area contributed by atoms with Crippen LogP contribution in [-0.2, 0) is 13.2 Å². The minimum Gasteiger partial charge on any atom is -0.484 e. The van der Waals surface area contributed by atoms with Crippen LogP contribution < -0.4 is 10.1 Å². The number of aryl methyl sites for hydroxylation is 1. The molecule has 0 aliphatic rings. The van der Waals surface area contributed by atoms with Crippen LogP contribution in [-0.4, -0.2) is 4.98 Å². The predicted octanol–water partition coefficient (Wildman–Crippen LogP) is 4.70. The van der Waals surface area contributed by atoms with Crippen molar-refractivity contribution in [2.24, 2.45) is 0 Å². The number of halogens is 1. The number of nitrogens with one attached hydrogen (secondary N) is 1. The van der Waals surface area contributed by atoms with E-state index in [9.17, 15) is 5.26 Å². The highest BCUT2D eigenvalue weighted by Gasteiger charge is 2.13. The van der Waals surface area contributed by atoms with Gasteiger partial charge >= 0.3 is 0 Å². The Morgan fingerprint density at radius 3 is 2.56 bits per heavy atom. The van der Waals surface area contributed by atoms with E-state index < -0.39 is 0 Å². The highest BCUT2D eigenvalue weighted by Crippen LogP contribution is 2.20. The molecule has 0 aliphatic heterocycles. The third-order valence-electron chi connectivity index (χ3n) is 3.53. The monoisotopic (exact) mass is 353 g/mol. The molecule has 0 fully saturated rings. The summed E-state index contributed by atoms with van der Waals surface area (Å²) in [4.78, 5) is 4.15. The second-order valence-corrected chi connectivity index (χ2v) is 5.92. The van der Waals surface area contributed by atoms with Gasteiger partial charge in [-0.2, -0.15) is 10.2 Å². The molecule has 0 amide bonds. The largest absolute Gasteiger partial charge is 0.484 e. The first kappa shape index (κ1) is 16.9. The molecule has 6 heteroatoms. The second kappa shape index (κ2) is 7.73. The van der Waals surface area contributed by atoms with Crippen LogP contribution in [0.25, 0.3) is 0 Å². The molecule has 0 bridgehead atoms. The fourth-order valence-electron chi connectivity index (χ4n) is 2.19. The molecule has 0 saturated heterocycles. The van der Waals surface area contributed by atoms with Gasteiger partial charge in [0.2, 0.25) is 17.5 Å². The summed E-state index contributed by atoms with van der Waals surface area (Å²) in [6.45, 7) is 2.71. The highest BCUT2D eigenvalue weighted by molar-refractivity contribution is 6.30. The lowest BCUT2D eigenvalue weighted by molar-refractivity contribution is 0.265. The van der Waals surface area contributed by atoms with E-state index in [4.69, 9.17) is 20.8 Å². The van der Waals surface area contributed by atoms with Crippen LogP contribution in [0.2, 0.25) is 5.02 Å². The first-order valence-electron chi connectivity index (χ1n) is 7.71. The number of hydrogen-bond donors (Lipinski definition) is 1. The number of ether oxygens (including phenoxy) is 1. The normalized spacial score (nSPS) is 10.3. The zero-order valence-corrected chi connectivity index (χ0v) is 14.4. The molecule has 0 atom stereocenters. The number of aromatic nitrogens is 1. The van der Waals surface area contributed by atoms with E-state index in [1.165, 1.54) is 5.56 Å². The van der Waals surface area contributed by atoms with E-state index in [-0.39, 0.29) is 12.3 Å². The molecule has 0 saturated carbocycles. The van der Waals surface area contributed by atoms with E-state index in [1.54, 1.807) is 24.3 Å².